The second-order valence-corrected chi connectivity index (χ2v) is 36.6. The summed E-state index contributed by atoms with van der Waals surface area (Å²) in [5.74, 6) is -1.00. The molecule has 111 heavy (non-hydrogen) atoms. The highest BCUT2D eigenvalue weighted by molar-refractivity contribution is 7.79. The van der Waals surface area contributed by atoms with E-state index in [9.17, 15) is 71.5 Å². The molecule has 12 aliphatic rings. The number of piperidine rings is 1. The van der Waals surface area contributed by atoms with Gasteiger partial charge in [0.1, 0.15) is 103 Å². The van der Waals surface area contributed by atoms with Crippen molar-refractivity contribution in [1.82, 2.24) is 4.90 Å². The van der Waals surface area contributed by atoms with E-state index >= 15 is 4.79 Å². The number of aliphatic hydroxyl groups is 14. The lowest BCUT2D eigenvalue weighted by atomic mass is 9.33. The van der Waals surface area contributed by atoms with Crippen LogP contribution >= 0.6 is 0 Å². The largest absolute Gasteiger partial charge is 0.432 e. The molecule has 7 heterocycles. The Hall–Kier alpha value is -3.48. The van der Waals surface area contributed by atoms with Gasteiger partial charge in [-0.1, -0.05) is 121 Å². The molecule has 4 saturated carbocycles. The highest BCUT2D eigenvalue weighted by Gasteiger charge is 2.72. The van der Waals surface area contributed by atoms with Gasteiger partial charge in [-0.25, -0.2) is 0 Å². The predicted molar refractivity (Wildman–Crippen MR) is 390 cm³/mol. The molecule has 2 aromatic rings. The lowest BCUT2D eigenvalue weighted by Gasteiger charge is -2.71. The van der Waals surface area contributed by atoms with Crippen LogP contribution in [-0.4, -0.2) is 298 Å². The Kier molecular flexibility index (Phi) is 26.4. The van der Waals surface area contributed by atoms with Crippen molar-refractivity contribution in [3.05, 3.63) is 83.4 Å². The number of benzene rings is 2. The van der Waals surface area contributed by atoms with Crippen molar-refractivity contribution >= 4 is 16.4 Å². The molecular formula is C79H121NO30S. The number of nitrogens with zero attached hydrogens (tertiary/aromatic N) is 1. The first-order valence-corrected chi connectivity index (χ1v) is 40.8. The van der Waals surface area contributed by atoms with Gasteiger partial charge in [-0.15, -0.1) is 0 Å². The zero-order valence-corrected chi connectivity index (χ0v) is 65.7. The van der Waals surface area contributed by atoms with Gasteiger partial charge in [-0.05, 0) is 160 Å². The van der Waals surface area contributed by atoms with Gasteiger partial charge in [0.25, 0.3) is 0 Å². The Labute approximate surface area is 648 Å². The first kappa shape index (κ1) is 86.8. The maximum Gasteiger partial charge on any atom is 0.394 e. The van der Waals surface area contributed by atoms with Crippen LogP contribution in [0.4, 0.5) is 0 Å². The number of ether oxygens (including phenoxy) is 11. The molecular weight excluding hydrogens is 1470 g/mol. The van der Waals surface area contributed by atoms with E-state index in [4.69, 9.17) is 69.6 Å². The summed E-state index contributed by atoms with van der Waals surface area (Å²) in [6.07, 6.45) is -23.8. The molecule has 2 bridgehead atoms. The van der Waals surface area contributed by atoms with Gasteiger partial charge in [-0.2, -0.15) is 8.42 Å². The van der Waals surface area contributed by atoms with Crippen molar-refractivity contribution in [3.63, 3.8) is 0 Å². The smallest absolute Gasteiger partial charge is 0.394 e. The monoisotopic (exact) mass is 1600 g/mol. The maximum atomic E-state index is 15.4. The Morgan fingerprint density at radius 1 is 0.559 bits per heavy atom. The topological polar surface area (TPSA) is 480 Å². The van der Waals surface area contributed by atoms with Crippen molar-refractivity contribution in [3.8, 4) is 0 Å². The molecule has 32 heteroatoms. The van der Waals surface area contributed by atoms with Crippen LogP contribution in [-0.2, 0) is 67.3 Å². The van der Waals surface area contributed by atoms with Gasteiger partial charge in [-0.3, -0.25) is 13.9 Å². The van der Waals surface area contributed by atoms with E-state index in [0.717, 1.165) is 24.8 Å². The van der Waals surface area contributed by atoms with Crippen LogP contribution in [0.15, 0.2) is 72.3 Å². The number of fused-ring (bicyclic) bond motifs is 9. The third-order valence-corrected chi connectivity index (χ3v) is 28.3. The fourth-order valence-corrected chi connectivity index (χ4v) is 21.7. The molecule has 0 spiro atoms. The molecule has 16 N–H and O–H groups in total. The summed E-state index contributed by atoms with van der Waals surface area (Å²) in [6, 6.07) is 22.7. The van der Waals surface area contributed by atoms with Crippen LogP contribution < -0.4 is 0 Å². The number of rotatable bonds is 15. The maximum absolute atomic E-state index is 15.4. The van der Waals surface area contributed by atoms with E-state index in [1.165, 1.54) is 43.7 Å². The molecule has 11 fully saturated rings. The van der Waals surface area contributed by atoms with E-state index in [2.05, 4.69) is 127 Å². The van der Waals surface area contributed by atoms with Crippen molar-refractivity contribution in [2.24, 2.45) is 50.2 Å². The molecule has 31 nitrogen and oxygen atoms in total. The summed E-state index contributed by atoms with van der Waals surface area (Å²) in [7, 11) is -2.38. The number of esters is 1. The number of hydrogen-bond acceptors (Lipinski definition) is 29. The summed E-state index contributed by atoms with van der Waals surface area (Å²) in [5.41, 5.74) is 0.233. The van der Waals surface area contributed by atoms with Crippen molar-refractivity contribution in [2.45, 2.75) is 324 Å². The van der Waals surface area contributed by atoms with Gasteiger partial charge >= 0.3 is 16.4 Å². The highest BCUT2D eigenvalue weighted by atomic mass is 32.3. The van der Waals surface area contributed by atoms with Gasteiger partial charge < -0.3 is 128 Å². The minimum atomic E-state index is -4.67. The molecule has 0 aromatic heterocycles. The molecule has 2 aromatic carbocycles. The molecule has 0 radical (unpaired) electrons. The van der Waals surface area contributed by atoms with E-state index in [1.54, 1.807) is 6.92 Å². The Morgan fingerprint density at radius 2 is 1.06 bits per heavy atom. The standard InChI is InChI=1S/C58H94O25.C21H25NO.H2O4S/c1-23-44(80-47-40(69)34(63)27(60)21-74-47)38(67)42(71)48(76-23)79-33-13-14-55(7)30(54(33,5)6)12-15-56(8)31(55)11-10-25-26-18-53(3,4)16-17-58(26,32(62)19-57(25,56)9)52(73)83-51-46(35(64)28(61)22-75-51)82-49-43(72)39(68)45(24(2)77-49)81-50-41(70)37(66)36(65)29(20-59)78-50;1-22-18-12-13-19(22)15-20(14-18)23-21(16-8-4-2-5-9-16)17-10-6-3-7-11-17;1-5(2,3)4/h10,23-24,26-51,59-72H,11-22H2,1-9H3;2-11,18-21H,12-15H2,1H3;(H2,1,2,3,4). The lowest BCUT2D eigenvalue weighted by Crippen LogP contribution is -2.68. The zero-order chi connectivity index (χ0) is 80.7. The number of hydrogen-bond donors (Lipinski definition) is 16. The summed E-state index contributed by atoms with van der Waals surface area (Å²) in [5, 5.41) is 152. The molecule has 0 amide bonds. The average Bonchev–Trinajstić information content (AvgIpc) is 0.864. The van der Waals surface area contributed by atoms with E-state index in [1.807, 2.05) is 0 Å². The molecule has 34 unspecified atom stereocenters. The second-order valence-electron chi connectivity index (χ2n) is 35.7. The molecule has 5 aliphatic carbocycles. The zero-order valence-electron chi connectivity index (χ0n) is 64.9. The number of carbonyl (C=O) groups is 1. The predicted octanol–water partition coefficient (Wildman–Crippen LogP) is 1.86. The van der Waals surface area contributed by atoms with Crippen LogP contribution in [0, 0.1) is 50.2 Å². The van der Waals surface area contributed by atoms with Gasteiger partial charge in [0, 0.05) is 12.1 Å². The first-order valence-electron chi connectivity index (χ1n) is 39.4. The summed E-state index contributed by atoms with van der Waals surface area (Å²) >= 11 is 0. The molecule has 7 aliphatic heterocycles. The third-order valence-electron chi connectivity index (χ3n) is 28.3. The van der Waals surface area contributed by atoms with Crippen molar-refractivity contribution in [1.29, 1.82) is 0 Å². The van der Waals surface area contributed by atoms with E-state index < -0.39 is 205 Å². The normalized spacial score (nSPS) is 47.5. The fourth-order valence-electron chi connectivity index (χ4n) is 21.7. The van der Waals surface area contributed by atoms with Gasteiger partial charge in [0.05, 0.1) is 50.3 Å². The minimum absolute atomic E-state index is 0.0465. The SMILES string of the molecule is CC1OC(OC2CCC3(C)C(CCC4(C)C3CC=C3C5CC(C)(C)CCC5(C(=O)OC5OCC(O)C(O)C5OC5OC(C)C(OC6OC(CO)C(O)C(O)C6O)C(O)C5O)C(O)CC34C)C2(C)C)C(O)C(O)C1OC1OCC(O)C(O)C1O.CN1C2CCC1CC(OC(c1ccccc1)c1ccccc1)C2.O=S(=O)(O)O. The van der Waals surface area contributed by atoms with Crippen molar-refractivity contribution < 1.29 is 146 Å². The van der Waals surface area contributed by atoms with Crippen LogP contribution in [0.3, 0.4) is 0 Å². The summed E-state index contributed by atoms with van der Waals surface area (Å²) < 4.78 is 97.9. The van der Waals surface area contributed by atoms with Gasteiger partial charge in [0.2, 0.25) is 6.29 Å². The molecule has 14 rings (SSSR count). The Balaban J connectivity index is 0.000000340. The molecule has 34 atom stereocenters. The lowest BCUT2D eigenvalue weighted by molar-refractivity contribution is -0.374. The average molecular weight is 1600 g/mol. The van der Waals surface area contributed by atoms with Crippen LogP contribution in [0.25, 0.3) is 0 Å². The van der Waals surface area contributed by atoms with E-state index in [-0.39, 0.29) is 53.6 Å². The number of carbonyl (C=O) groups excluding carboxylic acids is 1. The quantitative estimate of drug-likeness (QED) is 0.0524. The van der Waals surface area contributed by atoms with Crippen molar-refractivity contribution in [2.75, 3.05) is 26.9 Å². The van der Waals surface area contributed by atoms with Gasteiger partial charge in [0.15, 0.2) is 31.3 Å². The summed E-state index contributed by atoms with van der Waals surface area (Å²) in [4.78, 5) is 18.0. The second kappa shape index (κ2) is 33.7. The number of aliphatic hydroxyl groups excluding tert-OH is 14. The van der Waals surface area contributed by atoms with Crippen LogP contribution in [0.1, 0.15) is 163 Å². The molecule has 628 valence electrons. The number of allylic oxidation sites excluding steroid dienone is 2. The minimum Gasteiger partial charge on any atom is -0.432 e. The Bertz CT molecular complexity index is 3530. The van der Waals surface area contributed by atoms with E-state index in [0.29, 0.717) is 43.9 Å². The summed E-state index contributed by atoms with van der Waals surface area (Å²) in [6.45, 7) is 17.2. The Morgan fingerprint density at radius 3 is 1.63 bits per heavy atom. The first-order chi connectivity index (χ1) is 52.1. The third kappa shape index (κ3) is 16.9. The van der Waals surface area contributed by atoms with Crippen LogP contribution in [0.2, 0.25) is 0 Å². The fraction of sp³-hybridized carbons (Fsp3) is 0.810. The highest BCUT2D eigenvalue weighted by Crippen LogP contribution is 2.76. The molecule has 7 saturated heterocycles. The van der Waals surface area contributed by atoms with Crippen LogP contribution in [0.5, 0.6) is 0 Å².